The largest absolute Gasteiger partial charge is 0.394 e. The summed E-state index contributed by atoms with van der Waals surface area (Å²) >= 11 is 0. The van der Waals surface area contributed by atoms with Gasteiger partial charge >= 0.3 is 0 Å². The molecule has 0 saturated heterocycles. The standard InChI is InChI=1S/C8H16N2O7/c1-4(12)9-5(2-10(16)17)7(14)8(15)6(13)3-11/h5-8,11,13-15H,2-3H2,1H3,(H,9,12). The number of aliphatic hydroxyl groups excluding tert-OH is 4. The molecular formula is C8H16N2O7. The Labute approximate surface area is 96.8 Å². The molecule has 4 atom stereocenters. The Hall–Kier alpha value is -1.29. The van der Waals surface area contributed by atoms with E-state index in [4.69, 9.17) is 10.2 Å². The van der Waals surface area contributed by atoms with Gasteiger partial charge in [-0.05, 0) is 0 Å². The van der Waals surface area contributed by atoms with Crippen molar-refractivity contribution in [3.8, 4) is 0 Å². The third kappa shape index (κ3) is 5.54. The average Bonchev–Trinajstić information content (AvgIpc) is 2.23. The molecule has 5 N–H and O–H groups in total. The van der Waals surface area contributed by atoms with Crippen molar-refractivity contribution in [2.75, 3.05) is 13.2 Å². The molecule has 0 bridgehead atoms. The number of nitrogens with one attached hydrogen (secondary N) is 1. The van der Waals surface area contributed by atoms with Crippen molar-refractivity contribution in [3.05, 3.63) is 10.1 Å². The molecule has 100 valence electrons. The summed E-state index contributed by atoms with van der Waals surface area (Å²) in [6, 6.07) is -1.35. The van der Waals surface area contributed by atoms with E-state index in [1.807, 2.05) is 0 Å². The summed E-state index contributed by atoms with van der Waals surface area (Å²) in [4.78, 5) is 20.3. The van der Waals surface area contributed by atoms with Crippen LogP contribution < -0.4 is 5.32 Å². The first-order valence-corrected chi connectivity index (χ1v) is 4.83. The van der Waals surface area contributed by atoms with Crippen molar-refractivity contribution in [2.45, 2.75) is 31.3 Å². The van der Waals surface area contributed by atoms with Gasteiger partial charge in [0.15, 0.2) is 0 Å². The first-order chi connectivity index (χ1) is 7.79. The minimum atomic E-state index is -1.79. The van der Waals surface area contributed by atoms with Gasteiger partial charge in [-0.3, -0.25) is 14.9 Å². The van der Waals surface area contributed by atoms with Crippen LogP contribution in [0.25, 0.3) is 0 Å². The van der Waals surface area contributed by atoms with Crippen molar-refractivity contribution in [2.24, 2.45) is 0 Å². The van der Waals surface area contributed by atoms with Gasteiger partial charge in [-0.15, -0.1) is 0 Å². The van der Waals surface area contributed by atoms with E-state index in [-0.39, 0.29) is 0 Å². The lowest BCUT2D eigenvalue weighted by molar-refractivity contribution is -0.485. The molecule has 9 heteroatoms. The number of carbonyl (C=O) groups excluding carboxylic acids is 1. The van der Waals surface area contributed by atoms with Gasteiger partial charge in [0.2, 0.25) is 12.5 Å². The molecule has 0 spiro atoms. The summed E-state index contributed by atoms with van der Waals surface area (Å²) in [5.74, 6) is -0.624. The lowest BCUT2D eigenvalue weighted by atomic mass is 10.0. The molecule has 0 aromatic rings. The number of rotatable bonds is 7. The Morgan fingerprint density at radius 2 is 1.88 bits per heavy atom. The molecule has 0 heterocycles. The Kier molecular flexibility index (Phi) is 6.58. The summed E-state index contributed by atoms with van der Waals surface area (Å²) < 4.78 is 0. The van der Waals surface area contributed by atoms with E-state index in [9.17, 15) is 25.1 Å². The molecule has 0 aromatic carbocycles. The Bertz CT molecular complexity index is 257. The number of hydrogen-bond acceptors (Lipinski definition) is 7. The zero-order chi connectivity index (χ0) is 13.6. The summed E-state index contributed by atoms with van der Waals surface area (Å²) in [5, 5.41) is 48.9. The Balaban J connectivity index is 4.65. The molecule has 0 aliphatic rings. The number of nitrogens with zero attached hydrogens (tertiary/aromatic N) is 1. The summed E-state index contributed by atoms with van der Waals surface area (Å²) in [7, 11) is 0. The predicted octanol–water partition coefficient (Wildman–Crippen LogP) is -3.16. The molecule has 0 aromatic heterocycles. The van der Waals surface area contributed by atoms with Gasteiger partial charge < -0.3 is 25.7 Å². The lowest BCUT2D eigenvalue weighted by Gasteiger charge is -2.26. The van der Waals surface area contributed by atoms with Crippen LogP contribution in [0, 0.1) is 10.1 Å². The minimum Gasteiger partial charge on any atom is -0.394 e. The fourth-order valence-corrected chi connectivity index (χ4v) is 1.23. The Morgan fingerprint density at radius 3 is 2.24 bits per heavy atom. The molecule has 0 rings (SSSR count). The highest BCUT2D eigenvalue weighted by Gasteiger charge is 2.34. The quantitative estimate of drug-likeness (QED) is 0.237. The van der Waals surface area contributed by atoms with E-state index < -0.39 is 48.3 Å². The summed E-state index contributed by atoms with van der Waals surface area (Å²) in [6.45, 7) is -0.534. The molecule has 0 saturated carbocycles. The van der Waals surface area contributed by atoms with Gasteiger partial charge in [-0.25, -0.2) is 0 Å². The van der Waals surface area contributed by atoms with Gasteiger partial charge in [0, 0.05) is 11.8 Å². The van der Waals surface area contributed by atoms with Crippen LogP contribution in [0.4, 0.5) is 0 Å². The zero-order valence-electron chi connectivity index (χ0n) is 9.18. The summed E-state index contributed by atoms with van der Waals surface area (Å²) in [6.07, 6.45) is -5.20. The molecule has 0 fully saturated rings. The first kappa shape index (κ1) is 15.7. The number of amides is 1. The monoisotopic (exact) mass is 252 g/mol. The van der Waals surface area contributed by atoms with Gasteiger partial charge in [0.25, 0.3) is 0 Å². The van der Waals surface area contributed by atoms with Crippen LogP contribution in [0.2, 0.25) is 0 Å². The van der Waals surface area contributed by atoms with Crippen molar-refractivity contribution in [1.29, 1.82) is 0 Å². The number of aliphatic hydroxyl groups is 4. The van der Waals surface area contributed by atoms with E-state index in [1.54, 1.807) is 0 Å². The smallest absolute Gasteiger partial charge is 0.226 e. The maximum Gasteiger partial charge on any atom is 0.226 e. The molecule has 1 amide bonds. The first-order valence-electron chi connectivity index (χ1n) is 4.83. The number of carbonyl (C=O) groups is 1. The van der Waals surface area contributed by atoms with E-state index in [1.165, 1.54) is 0 Å². The zero-order valence-corrected chi connectivity index (χ0v) is 9.18. The maximum absolute atomic E-state index is 10.8. The number of hydrogen-bond donors (Lipinski definition) is 5. The predicted molar refractivity (Wildman–Crippen MR) is 54.6 cm³/mol. The van der Waals surface area contributed by atoms with Crippen LogP contribution in [-0.4, -0.2) is 68.8 Å². The lowest BCUT2D eigenvalue weighted by Crippen LogP contribution is -2.55. The highest BCUT2D eigenvalue weighted by Crippen LogP contribution is 2.05. The van der Waals surface area contributed by atoms with Crippen LogP contribution in [0.5, 0.6) is 0 Å². The summed E-state index contributed by atoms with van der Waals surface area (Å²) in [5.41, 5.74) is 0. The Morgan fingerprint density at radius 1 is 1.35 bits per heavy atom. The third-order valence-electron chi connectivity index (χ3n) is 2.08. The van der Waals surface area contributed by atoms with Gasteiger partial charge in [0.1, 0.15) is 24.4 Å². The second kappa shape index (κ2) is 7.12. The van der Waals surface area contributed by atoms with Crippen LogP contribution >= 0.6 is 0 Å². The second-order valence-corrected chi connectivity index (χ2v) is 3.55. The van der Waals surface area contributed by atoms with Crippen molar-refractivity contribution >= 4 is 5.91 Å². The second-order valence-electron chi connectivity index (χ2n) is 3.55. The van der Waals surface area contributed by atoms with Gasteiger partial charge in [-0.1, -0.05) is 0 Å². The van der Waals surface area contributed by atoms with Gasteiger partial charge in [-0.2, -0.15) is 0 Å². The van der Waals surface area contributed by atoms with E-state index in [0.717, 1.165) is 6.92 Å². The van der Waals surface area contributed by atoms with Crippen LogP contribution in [0.3, 0.4) is 0 Å². The van der Waals surface area contributed by atoms with Gasteiger partial charge in [0.05, 0.1) is 6.61 Å². The van der Waals surface area contributed by atoms with Crippen LogP contribution in [-0.2, 0) is 4.79 Å². The average molecular weight is 252 g/mol. The van der Waals surface area contributed by atoms with Crippen molar-refractivity contribution < 1.29 is 30.1 Å². The van der Waals surface area contributed by atoms with Crippen LogP contribution in [0.1, 0.15) is 6.92 Å². The molecular weight excluding hydrogens is 236 g/mol. The third-order valence-corrected chi connectivity index (χ3v) is 2.08. The molecule has 0 radical (unpaired) electrons. The normalized spacial score (nSPS) is 17.9. The van der Waals surface area contributed by atoms with E-state index in [2.05, 4.69) is 5.32 Å². The highest BCUT2D eigenvalue weighted by atomic mass is 16.6. The fourth-order valence-electron chi connectivity index (χ4n) is 1.23. The molecule has 0 aliphatic heterocycles. The van der Waals surface area contributed by atoms with Crippen LogP contribution in [0.15, 0.2) is 0 Å². The molecule has 17 heavy (non-hydrogen) atoms. The van der Waals surface area contributed by atoms with Crippen molar-refractivity contribution in [3.63, 3.8) is 0 Å². The SMILES string of the molecule is CC(=O)NC(C[N+](=O)[O-])C(O)C(O)C(O)CO. The fraction of sp³-hybridized carbons (Fsp3) is 0.875. The maximum atomic E-state index is 10.8. The minimum absolute atomic E-state index is 0.624. The van der Waals surface area contributed by atoms with E-state index in [0.29, 0.717) is 0 Å². The molecule has 4 unspecified atom stereocenters. The highest BCUT2D eigenvalue weighted by molar-refractivity contribution is 5.73. The topological polar surface area (TPSA) is 153 Å². The van der Waals surface area contributed by atoms with E-state index >= 15 is 0 Å². The van der Waals surface area contributed by atoms with Crippen molar-refractivity contribution in [1.82, 2.24) is 5.32 Å². The molecule has 9 nitrogen and oxygen atoms in total. The number of nitro groups is 1. The molecule has 0 aliphatic carbocycles.